The van der Waals surface area contributed by atoms with Gasteiger partial charge in [-0.2, -0.15) is 0 Å². The van der Waals surface area contributed by atoms with Crippen LogP contribution >= 0.6 is 0 Å². The van der Waals surface area contributed by atoms with Crippen LogP contribution in [0, 0.1) is 0 Å². The molecule has 0 saturated heterocycles. The average molecular weight is 221 g/mol. The molecule has 1 N–H and O–H groups in total. The maximum absolute atomic E-state index is 11.3. The van der Waals surface area contributed by atoms with Crippen LogP contribution in [0.4, 0.5) is 0 Å². The monoisotopic (exact) mass is 221 g/mol. The normalized spacial score (nSPS) is 11.3. The highest BCUT2D eigenvalue weighted by molar-refractivity contribution is 5.92. The lowest BCUT2D eigenvalue weighted by Gasteiger charge is -2.02. The van der Waals surface area contributed by atoms with Gasteiger partial charge in [0.15, 0.2) is 0 Å². The number of carbonyl (C=O) groups is 1. The first-order valence-electron chi connectivity index (χ1n) is 5.09. The third-order valence-corrected chi connectivity index (χ3v) is 1.95. The number of ether oxygens (including phenoxy) is 1. The summed E-state index contributed by atoms with van der Waals surface area (Å²) in [7, 11) is 0. The molecule has 0 bridgehead atoms. The van der Waals surface area contributed by atoms with Crippen LogP contribution in [0.3, 0.4) is 0 Å². The Labute approximate surface area is 94.6 Å². The lowest BCUT2D eigenvalue weighted by atomic mass is 10.2. The zero-order valence-corrected chi connectivity index (χ0v) is 9.43. The zero-order valence-electron chi connectivity index (χ0n) is 9.43. The van der Waals surface area contributed by atoms with Gasteiger partial charge in [-0.25, -0.2) is 4.79 Å². The van der Waals surface area contributed by atoms with Crippen molar-refractivity contribution in [2.75, 3.05) is 6.61 Å². The Morgan fingerprint density at radius 1 is 1.56 bits per heavy atom. The highest BCUT2D eigenvalue weighted by Gasteiger charge is 2.04. The first kappa shape index (κ1) is 12.4. The van der Waals surface area contributed by atoms with Crippen LogP contribution in [0.15, 0.2) is 23.8 Å². The van der Waals surface area contributed by atoms with Crippen LogP contribution < -0.4 is 0 Å². The summed E-state index contributed by atoms with van der Waals surface area (Å²) >= 11 is 0. The van der Waals surface area contributed by atoms with Crippen molar-refractivity contribution in [3.8, 4) is 0 Å². The van der Waals surface area contributed by atoms with E-state index >= 15 is 0 Å². The summed E-state index contributed by atoms with van der Waals surface area (Å²) < 4.78 is 4.85. The Morgan fingerprint density at radius 3 is 2.94 bits per heavy atom. The molecule has 0 unspecified atom stereocenters. The van der Waals surface area contributed by atoms with Gasteiger partial charge in [0.1, 0.15) is 0 Å². The van der Waals surface area contributed by atoms with E-state index in [1.54, 1.807) is 38.1 Å². The van der Waals surface area contributed by atoms with Gasteiger partial charge < -0.3 is 9.84 Å². The van der Waals surface area contributed by atoms with Crippen molar-refractivity contribution in [1.82, 2.24) is 4.98 Å². The van der Waals surface area contributed by atoms with E-state index in [1.165, 1.54) is 0 Å². The third kappa shape index (κ3) is 3.47. The van der Waals surface area contributed by atoms with E-state index in [9.17, 15) is 4.79 Å². The SMILES string of the molecule is CCOC(=O)C(C)=Cc1cccc(CO)n1. The van der Waals surface area contributed by atoms with Gasteiger partial charge in [0, 0.05) is 5.57 Å². The Kier molecular flexibility index (Phi) is 4.66. The van der Waals surface area contributed by atoms with Crippen molar-refractivity contribution >= 4 is 12.0 Å². The number of aromatic nitrogens is 1. The molecule has 0 aliphatic heterocycles. The maximum atomic E-state index is 11.3. The average Bonchev–Trinajstić information content (AvgIpc) is 2.29. The highest BCUT2D eigenvalue weighted by atomic mass is 16.5. The van der Waals surface area contributed by atoms with Crippen molar-refractivity contribution in [2.24, 2.45) is 0 Å². The van der Waals surface area contributed by atoms with Crippen molar-refractivity contribution in [3.05, 3.63) is 35.2 Å². The Morgan fingerprint density at radius 2 is 2.31 bits per heavy atom. The molecule has 0 atom stereocenters. The summed E-state index contributed by atoms with van der Waals surface area (Å²) in [5.41, 5.74) is 1.70. The predicted octanol–water partition coefficient (Wildman–Crippen LogP) is 1.54. The van der Waals surface area contributed by atoms with Gasteiger partial charge in [-0.1, -0.05) is 6.07 Å². The zero-order chi connectivity index (χ0) is 12.0. The van der Waals surface area contributed by atoms with Gasteiger partial charge in [-0.15, -0.1) is 0 Å². The Hall–Kier alpha value is -1.68. The second kappa shape index (κ2) is 6.02. The van der Waals surface area contributed by atoms with Gasteiger partial charge in [0.25, 0.3) is 0 Å². The van der Waals surface area contributed by atoms with Crippen LogP contribution in [0.1, 0.15) is 25.2 Å². The fourth-order valence-corrected chi connectivity index (χ4v) is 1.19. The van der Waals surface area contributed by atoms with Gasteiger partial charge in [-0.3, -0.25) is 4.98 Å². The third-order valence-electron chi connectivity index (χ3n) is 1.95. The molecule has 0 radical (unpaired) electrons. The van der Waals surface area contributed by atoms with Gasteiger partial charge in [0.2, 0.25) is 0 Å². The van der Waals surface area contributed by atoms with Gasteiger partial charge in [0.05, 0.1) is 24.6 Å². The van der Waals surface area contributed by atoms with Gasteiger partial charge in [-0.05, 0) is 32.1 Å². The number of rotatable bonds is 4. The molecule has 0 aliphatic rings. The molecule has 86 valence electrons. The first-order chi connectivity index (χ1) is 7.67. The number of nitrogens with zero attached hydrogens (tertiary/aromatic N) is 1. The fourth-order valence-electron chi connectivity index (χ4n) is 1.19. The largest absolute Gasteiger partial charge is 0.463 e. The summed E-state index contributed by atoms with van der Waals surface area (Å²) in [5, 5.41) is 8.91. The molecular formula is C12H15NO3. The summed E-state index contributed by atoms with van der Waals surface area (Å²) in [6.07, 6.45) is 1.64. The van der Waals surface area contributed by atoms with Gasteiger partial charge >= 0.3 is 5.97 Å². The number of hydrogen-bond donors (Lipinski definition) is 1. The minimum absolute atomic E-state index is 0.111. The smallest absolute Gasteiger partial charge is 0.333 e. The quantitative estimate of drug-likeness (QED) is 0.619. The van der Waals surface area contributed by atoms with Crippen LogP contribution in [0.2, 0.25) is 0 Å². The van der Waals surface area contributed by atoms with E-state index in [-0.39, 0.29) is 12.6 Å². The second-order valence-corrected chi connectivity index (χ2v) is 3.26. The lowest BCUT2D eigenvalue weighted by Crippen LogP contribution is -2.05. The van der Waals surface area contributed by atoms with E-state index in [0.29, 0.717) is 23.6 Å². The van der Waals surface area contributed by atoms with E-state index in [1.807, 2.05) is 0 Å². The summed E-state index contributed by atoms with van der Waals surface area (Å²) in [5.74, 6) is -0.348. The molecule has 1 aromatic rings. The van der Waals surface area contributed by atoms with E-state index in [4.69, 9.17) is 9.84 Å². The number of pyridine rings is 1. The highest BCUT2D eigenvalue weighted by Crippen LogP contribution is 2.06. The second-order valence-electron chi connectivity index (χ2n) is 3.26. The van der Waals surface area contributed by atoms with Crippen LogP contribution in [-0.4, -0.2) is 22.7 Å². The maximum Gasteiger partial charge on any atom is 0.333 e. The van der Waals surface area contributed by atoms with Crippen LogP contribution in [-0.2, 0) is 16.1 Å². The number of esters is 1. The Bertz CT molecular complexity index is 399. The summed E-state index contributed by atoms with van der Waals surface area (Å²) in [6.45, 7) is 3.68. The standard InChI is InChI=1S/C12H15NO3/c1-3-16-12(15)9(2)7-10-5-4-6-11(8-14)13-10/h4-7,14H,3,8H2,1-2H3. The van der Waals surface area contributed by atoms with E-state index in [0.717, 1.165) is 0 Å². The minimum Gasteiger partial charge on any atom is -0.463 e. The predicted molar refractivity (Wildman–Crippen MR) is 60.4 cm³/mol. The van der Waals surface area contributed by atoms with Crippen molar-refractivity contribution in [2.45, 2.75) is 20.5 Å². The van der Waals surface area contributed by atoms with Crippen LogP contribution in [0.5, 0.6) is 0 Å². The van der Waals surface area contributed by atoms with Crippen molar-refractivity contribution in [1.29, 1.82) is 0 Å². The van der Waals surface area contributed by atoms with Crippen LogP contribution in [0.25, 0.3) is 6.08 Å². The summed E-state index contributed by atoms with van der Waals surface area (Å²) in [4.78, 5) is 15.5. The molecule has 1 heterocycles. The molecule has 0 fully saturated rings. The summed E-state index contributed by atoms with van der Waals surface area (Å²) in [6, 6.07) is 5.27. The first-order valence-corrected chi connectivity index (χ1v) is 5.09. The number of carbonyl (C=O) groups excluding carboxylic acids is 1. The van der Waals surface area contributed by atoms with Crippen molar-refractivity contribution in [3.63, 3.8) is 0 Å². The molecule has 0 aliphatic carbocycles. The Balaban J connectivity index is 2.84. The molecule has 1 rings (SSSR count). The molecular weight excluding hydrogens is 206 g/mol. The molecule has 4 nitrogen and oxygen atoms in total. The van der Waals surface area contributed by atoms with Crippen molar-refractivity contribution < 1.29 is 14.6 Å². The lowest BCUT2D eigenvalue weighted by molar-refractivity contribution is -0.138. The molecule has 0 aromatic carbocycles. The molecule has 0 saturated carbocycles. The molecule has 16 heavy (non-hydrogen) atoms. The topological polar surface area (TPSA) is 59.4 Å². The number of hydrogen-bond acceptors (Lipinski definition) is 4. The number of aliphatic hydroxyl groups excluding tert-OH is 1. The number of aliphatic hydroxyl groups is 1. The van der Waals surface area contributed by atoms with E-state index in [2.05, 4.69) is 4.98 Å². The fraction of sp³-hybridized carbons (Fsp3) is 0.333. The van der Waals surface area contributed by atoms with E-state index < -0.39 is 0 Å². The molecule has 4 heteroatoms. The molecule has 0 amide bonds. The molecule has 0 spiro atoms. The minimum atomic E-state index is -0.348. The molecule has 1 aromatic heterocycles.